The van der Waals surface area contributed by atoms with Crippen LogP contribution in [0.1, 0.15) is 11.3 Å². The Morgan fingerprint density at radius 1 is 1.23 bits per heavy atom. The molecule has 31 heavy (non-hydrogen) atoms. The molecule has 1 N–H and O–H groups in total. The summed E-state index contributed by atoms with van der Waals surface area (Å²) < 4.78 is 25.8. The van der Waals surface area contributed by atoms with Crippen LogP contribution in [-0.2, 0) is 11.2 Å². The zero-order valence-electron chi connectivity index (χ0n) is 16.2. The van der Waals surface area contributed by atoms with Gasteiger partial charge in [-0.1, -0.05) is 18.2 Å². The van der Waals surface area contributed by atoms with Crippen LogP contribution >= 0.6 is 11.3 Å². The first-order chi connectivity index (χ1) is 15.2. The lowest BCUT2D eigenvalue weighted by Crippen LogP contribution is -2.23. The summed E-state index contributed by atoms with van der Waals surface area (Å²) in [6.07, 6.45) is 3.80. The molecule has 0 radical (unpaired) electrons. The van der Waals surface area contributed by atoms with Crippen LogP contribution in [0.2, 0.25) is 0 Å². The minimum Gasteiger partial charge on any atom is -0.454 e. The summed E-state index contributed by atoms with van der Waals surface area (Å²) in [6, 6.07) is 11.7. The van der Waals surface area contributed by atoms with Gasteiger partial charge in [-0.25, -0.2) is 8.91 Å². The van der Waals surface area contributed by atoms with E-state index in [-0.39, 0.29) is 18.5 Å². The zero-order chi connectivity index (χ0) is 21.2. The Morgan fingerprint density at radius 2 is 2.13 bits per heavy atom. The normalized spacial score (nSPS) is 12.7. The molecule has 0 atom stereocenters. The van der Waals surface area contributed by atoms with Crippen LogP contribution in [0.3, 0.4) is 0 Å². The minimum absolute atomic E-state index is 0.191. The third-order valence-electron chi connectivity index (χ3n) is 4.74. The molecule has 0 spiro atoms. The van der Waals surface area contributed by atoms with E-state index in [9.17, 15) is 9.18 Å². The average Bonchev–Trinajstić information content (AvgIpc) is 3.48. The molecule has 0 unspecified atom stereocenters. The molecule has 2 aromatic heterocycles. The largest absolute Gasteiger partial charge is 0.454 e. The molecule has 1 aliphatic heterocycles. The fourth-order valence-electron chi connectivity index (χ4n) is 3.21. The Labute approximate surface area is 180 Å². The van der Waals surface area contributed by atoms with Gasteiger partial charge in [-0.2, -0.15) is 4.98 Å². The standard InChI is InChI=1S/C22H17FN4O3S/c23-16-3-1-2-15(11-16)21-25-22-27(26-21)17(12-31-22)8-9-24-20(28)7-5-14-4-6-18-19(10-14)30-13-29-18/h1-7,10-12H,8-9,13H2,(H,24,28)/b7-5+. The first-order valence-electron chi connectivity index (χ1n) is 9.60. The second kappa shape index (κ2) is 8.19. The van der Waals surface area contributed by atoms with Crippen molar-refractivity contribution in [3.05, 3.63) is 71.0 Å². The smallest absolute Gasteiger partial charge is 0.244 e. The molecule has 3 heterocycles. The topological polar surface area (TPSA) is 77.8 Å². The molecule has 1 aliphatic rings. The maximum atomic E-state index is 13.5. The van der Waals surface area contributed by atoms with Gasteiger partial charge in [-0.05, 0) is 35.9 Å². The maximum absolute atomic E-state index is 13.5. The first-order valence-corrected chi connectivity index (χ1v) is 10.5. The van der Waals surface area contributed by atoms with Gasteiger partial charge in [0.05, 0.1) is 5.69 Å². The molecule has 9 heteroatoms. The molecular weight excluding hydrogens is 419 g/mol. The van der Waals surface area contributed by atoms with E-state index in [1.807, 2.05) is 23.6 Å². The van der Waals surface area contributed by atoms with Crippen molar-refractivity contribution in [2.24, 2.45) is 0 Å². The van der Waals surface area contributed by atoms with Crippen LogP contribution in [0.5, 0.6) is 11.5 Å². The van der Waals surface area contributed by atoms with E-state index in [0.717, 1.165) is 16.2 Å². The van der Waals surface area contributed by atoms with Crippen LogP contribution < -0.4 is 14.8 Å². The Morgan fingerprint density at radius 3 is 3.03 bits per heavy atom. The number of halogens is 1. The van der Waals surface area contributed by atoms with Gasteiger partial charge in [0.25, 0.3) is 0 Å². The van der Waals surface area contributed by atoms with Gasteiger partial charge in [0, 0.05) is 30.0 Å². The summed E-state index contributed by atoms with van der Waals surface area (Å²) >= 11 is 1.46. The van der Waals surface area contributed by atoms with Crippen LogP contribution in [0, 0.1) is 5.82 Å². The number of nitrogens with one attached hydrogen (secondary N) is 1. The molecule has 156 valence electrons. The van der Waals surface area contributed by atoms with Crippen molar-refractivity contribution in [3.8, 4) is 22.9 Å². The van der Waals surface area contributed by atoms with Gasteiger partial charge in [0.2, 0.25) is 17.7 Å². The van der Waals surface area contributed by atoms with Crippen molar-refractivity contribution < 1.29 is 18.7 Å². The zero-order valence-corrected chi connectivity index (χ0v) is 17.1. The summed E-state index contributed by atoms with van der Waals surface area (Å²) in [6.45, 7) is 0.666. The number of benzene rings is 2. The second-order valence-corrected chi connectivity index (χ2v) is 7.69. The number of amides is 1. The highest BCUT2D eigenvalue weighted by Gasteiger charge is 2.13. The summed E-state index contributed by atoms with van der Waals surface area (Å²) in [5.74, 6) is 1.34. The van der Waals surface area contributed by atoms with E-state index in [4.69, 9.17) is 9.47 Å². The lowest BCUT2D eigenvalue weighted by Gasteiger charge is -2.02. The Hall–Kier alpha value is -3.72. The van der Waals surface area contributed by atoms with Crippen LogP contribution in [-0.4, -0.2) is 33.8 Å². The molecule has 4 aromatic rings. The number of carbonyl (C=O) groups excluding carboxylic acids is 1. The van der Waals surface area contributed by atoms with Crippen molar-refractivity contribution >= 4 is 28.3 Å². The molecule has 1 amide bonds. The van der Waals surface area contributed by atoms with Gasteiger partial charge in [0.15, 0.2) is 17.3 Å². The number of thiazole rings is 1. The van der Waals surface area contributed by atoms with Crippen molar-refractivity contribution in [2.45, 2.75) is 6.42 Å². The molecule has 0 saturated heterocycles. The number of nitrogens with zero attached hydrogens (tertiary/aromatic N) is 3. The third kappa shape index (κ3) is 4.13. The molecule has 5 rings (SSSR count). The van der Waals surface area contributed by atoms with Crippen molar-refractivity contribution in [2.75, 3.05) is 13.3 Å². The molecular formula is C22H17FN4O3S. The quantitative estimate of drug-likeness (QED) is 0.467. The predicted molar refractivity (Wildman–Crippen MR) is 115 cm³/mol. The summed E-state index contributed by atoms with van der Waals surface area (Å²) in [4.78, 5) is 17.3. The number of fused-ring (bicyclic) bond motifs is 2. The SMILES string of the molecule is O=C(/C=C/c1ccc2c(c1)OCO2)NCCc1csc2nc(-c3cccc(F)c3)nn12. The Balaban J connectivity index is 1.19. The van der Waals surface area contributed by atoms with Crippen molar-refractivity contribution in [1.82, 2.24) is 19.9 Å². The van der Waals surface area contributed by atoms with E-state index >= 15 is 0 Å². The van der Waals surface area contributed by atoms with Crippen molar-refractivity contribution in [3.63, 3.8) is 0 Å². The molecule has 0 bridgehead atoms. The summed E-state index contributed by atoms with van der Waals surface area (Å²) in [5.41, 5.74) is 2.41. The van der Waals surface area contributed by atoms with E-state index in [0.29, 0.717) is 35.9 Å². The van der Waals surface area contributed by atoms with Gasteiger partial charge in [0.1, 0.15) is 5.82 Å². The average molecular weight is 436 g/mol. The molecule has 0 fully saturated rings. The monoisotopic (exact) mass is 436 g/mol. The lowest BCUT2D eigenvalue weighted by molar-refractivity contribution is -0.116. The maximum Gasteiger partial charge on any atom is 0.244 e. The van der Waals surface area contributed by atoms with Crippen molar-refractivity contribution in [1.29, 1.82) is 0 Å². The first kappa shape index (κ1) is 19.3. The van der Waals surface area contributed by atoms with E-state index in [1.54, 1.807) is 22.7 Å². The highest BCUT2D eigenvalue weighted by Crippen LogP contribution is 2.32. The molecule has 0 aliphatic carbocycles. The van der Waals surface area contributed by atoms with Gasteiger partial charge < -0.3 is 14.8 Å². The Bertz CT molecular complexity index is 1300. The summed E-state index contributed by atoms with van der Waals surface area (Å²) in [7, 11) is 0. The fourth-order valence-corrected chi connectivity index (χ4v) is 4.06. The van der Waals surface area contributed by atoms with Gasteiger partial charge >= 0.3 is 0 Å². The van der Waals surface area contributed by atoms with Gasteiger partial charge in [-0.15, -0.1) is 16.4 Å². The number of aromatic nitrogens is 3. The Kier molecular flexibility index (Phi) is 5.09. The van der Waals surface area contributed by atoms with E-state index in [1.165, 1.54) is 29.5 Å². The lowest BCUT2D eigenvalue weighted by atomic mass is 10.2. The highest BCUT2D eigenvalue weighted by molar-refractivity contribution is 7.15. The fraction of sp³-hybridized carbons (Fsp3) is 0.136. The number of hydrogen-bond donors (Lipinski definition) is 1. The van der Waals surface area contributed by atoms with Crippen LogP contribution in [0.15, 0.2) is 53.9 Å². The number of hydrogen-bond acceptors (Lipinski definition) is 6. The second-order valence-electron chi connectivity index (χ2n) is 6.85. The predicted octanol–water partition coefficient (Wildman–Crippen LogP) is 3.70. The number of ether oxygens (including phenoxy) is 2. The molecule has 7 nitrogen and oxygen atoms in total. The molecule has 0 saturated carbocycles. The van der Waals surface area contributed by atoms with Gasteiger partial charge in [-0.3, -0.25) is 4.79 Å². The highest BCUT2D eigenvalue weighted by atomic mass is 32.1. The minimum atomic E-state index is -0.326. The van der Waals surface area contributed by atoms with E-state index in [2.05, 4.69) is 15.4 Å². The molecule has 2 aromatic carbocycles. The van der Waals surface area contributed by atoms with Crippen LogP contribution in [0.4, 0.5) is 4.39 Å². The van der Waals surface area contributed by atoms with E-state index < -0.39 is 0 Å². The number of carbonyl (C=O) groups is 1. The third-order valence-corrected chi connectivity index (χ3v) is 5.60. The number of rotatable bonds is 6. The van der Waals surface area contributed by atoms with Crippen LogP contribution in [0.25, 0.3) is 22.4 Å². The summed E-state index contributed by atoms with van der Waals surface area (Å²) in [5, 5.41) is 9.31.